The number of pyridine rings is 1. The van der Waals surface area contributed by atoms with E-state index in [0.717, 1.165) is 35.8 Å². The van der Waals surface area contributed by atoms with Gasteiger partial charge in [-0.1, -0.05) is 6.42 Å². The second-order valence-corrected chi connectivity index (χ2v) is 9.05. The molecule has 0 aliphatic carbocycles. The largest absolute Gasteiger partial charge is 0.458 e. The van der Waals surface area contributed by atoms with Crippen LogP contribution in [0.3, 0.4) is 0 Å². The number of ether oxygens (including phenoxy) is 2. The van der Waals surface area contributed by atoms with Gasteiger partial charge < -0.3 is 14.8 Å². The number of piperidine rings is 2. The van der Waals surface area contributed by atoms with Crippen molar-refractivity contribution in [2.45, 2.75) is 76.2 Å². The van der Waals surface area contributed by atoms with Crippen molar-refractivity contribution in [2.24, 2.45) is 0 Å². The van der Waals surface area contributed by atoms with E-state index in [1.54, 1.807) is 6.20 Å². The Labute approximate surface area is 158 Å². The van der Waals surface area contributed by atoms with Crippen molar-refractivity contribution in [3.05, 3.63) is 28.5 Å². The van der Waals surface area contributed by atoms with Gasteiger partial charge in [-0.05, 0) is 74.5 Å². The number of hydrogen-bond donors (Lipinski definition) is 1. The summed E-state index contributed by atoms with van der Waals surface area (Å²) < 4.78 is 12.6. The van der Waals surface area contributed by atoms with Crippen LogP contribution in [0.25, 0.3) is 0 Å². The zero-order chi connectivity index (χ0) is 18.1. The van der Waals surface area contributed by atoms with Gasteiger partial charge in [-0.3, -0.25) is 4.98 Å². The number of halogens is 1. The number of carbonyl (C=O) groups excluding carboxylic acids is 1. The second-order valence-electron chi connectivity index (χ2n) is 8.13. The molecule has 1 aromatic rings. The molecular formula is C19H27BrN2O3. The van der Waals surface area contributed by atoms with Crippen molar-refractivity contribution in [3.8, 4) is 0 Å². The number of rotatable bonds is 4. The number of hydrogen-bond acceptors (Lipinski definition) is 5. The van der Waals surface area contributed by atoms with Crippen LogP contribution in [0.4, 0.5) is 0 Å². The van der Waals surface area contributed by atoms with E-state index in [1.807, 2.05) is 32.9 Å². The summed E-state index contributed by atoms with van der Waals surface area (Å²) in [6.07, 6.45) is 7.00. The number of nitrogens with one attached hydrogen (secondary N) is 1. The van der Waals surface area contributed by atoms with Crippen LogP contribution in [0, 0.1) is 0 Å². The Kier molecular flexibility index (Phi) is 5.51. The summed E-state index contributed by atoms with van der Waals surface area (Å²) in [6.45, 7) is 5.55. The lowest BCUT2D eigenvalue weighted by atomic mass is 9.75. The fourth-order valence-electron chi connectivity index (χ4n) is 3.93. The summed E-state index contributed by atoms with van der Waals surface area (Å²) in [6, 6.07) is 4.81. The van der Waals surface area contributed by atoms with Gasteiger partial charge in [0.25, 0.3) is 0 Å². The Balaban J connectivity index is 1.80. The average molecular weight is 411 g/mol. The van der Waals surface area contributed by atoms with Crippen LogP contribution < -0.4 is 5.32 Å². The van der Waals surface area contributed by atoms with Gasteiger partial charge in [-0.25, -0.2) is 4.79 Å². The van der Waals surface area contributed by atoms with Crippen molar-refractivity contribution in [1.82, 2.24) is 10.3 Å². The SMILES string of the molecule is CC(C)(C)OC(=O)COC1(c2ccc(Br)cn2)CC2CCCC(C1)N2. The van der Waals surface area contributed by atoms with Gasteiger partial charge in [0.1, 0.15) is 17.8 Å². The van der Waals surface area contributed by atoms with Gasteiger partial charge in [-0.15, -0.1) is 0 Å². The summed E-state index contributed by atoms with van der Waals surface area (Å²) in [4.78, 5) is 16.8. The molecule has 2 unspecified atom stereocenters. The molecule has 2 bridgehead atoms. The molecule has 0 spiro atoms. The van der Waals surface area contributed by atoms with Crippen molar-refractivity contribution in [3.63, 3.8) is 0 Å². The monoisotopic (exact) mass is 410 g/mol. The molecule has 5 nitrogen and oxygen atoms in total. The van der Waals surface area contributed by atoms with Gasteiger partial charge in [0.05, 0.1) is 5.69 Å². The van der Waals surface area contributed by atoms with Crippen LogP contribution >= 0.6 is 15.9 Å². The van der Waals surface area contributed by atoms with Crippen LogP contribution in [0.5, 0.6) is 0 Å². The Morgan fingerprint density at radius 1 is 1.32 bits per heavy atom. The highest BCUT2D eigenvalue weighted by Gasteiger charge is 2.45. The van der Waals surface area contributed by atoms with Crippen molar-refractivity contribution >= 4 is 21.9 Å². The summed E-state index contributed by atoms with van der Waals surface area (Å²) in [5, 5.41) is 3.68. The molecule has 3 heterocycles. The molecular weight excluding hydrogens is 384 g/mol. The van der Waals surface area contributed by atoms with Crippen molar-refractivity contribution < 1.29 is 14.3 Å². The Morgan fingerprint density at radius 3 is 2.56 bits per heavy atom. The molecule has 0 amide bonds. The van der Waals surface area contributed by atoms with Gasteiger partial charge in [0.15, 0.2) is 0 Å². The molecule has 1 aromatic heterocycles. The van der Waals surface area contributed by atoms with E-state index in [0.29, 0.717) is 12.1 Å². The summed E-state index contributed by atoms with van der Waals surface area (Å²) in [7, 11) is 0. The smallest absolute Gasteiger partial charge is 0.332 e. The standard InChI is InChI=1S/C19H27BrN2O3/c1-18(2,3)25-17(23)12-24-19(16-8-7-13(20)11-21-16)9-14-5-4-6-15(10-19)22-14/h7-8,11,14-15,22H,4-6,9-10,12H2,1-3H3. The Hall–Kier alpha value is -0.980. The topological polar surface area (TPSA) is 60.5 Å². The first-order chi connectivity index (χ1) is 11.8. The van der Waals surface area contributed by atoms with Crippen LogP contribution in [0.1, 0.15) is 58.6 Å². The van der Waals surface area contributed by atoms with Gasteiger partial charge in [-0.2, -0.15) is 0 Å². The highest BCUT2D eigenvalue weighted by molar-refractivity contribution is 9.10. The minimum absolute atomic E-state index is 0.0472. The first-order valence-electron chi connectivity index (χ1n) is 9.00. The molecule has 0 radical (unpaired) electrons. The lowest BCUT2D eigenvalue weighted by Crippen LogP contribution is -2.55. The third-order valence-corrected chi connectivity index (χ3v) is 5.28. The van der Waals surface area contributed by atoms with Gasteiger partial charge in [0, 0.05) is 22.8 Å². The molecule has 0 saturated carbocycles. The van der Waals surface area contributed by atoms with E-state index >= 15 is 0 Å². The molecule has 2 saturated heterocycles. The Morgan fingerprint density at radius 2 is 2.00 bits per heavy atom. The molecule has 25 heavy (non-hydrogen) atoms. The van der Waals surface area contributed by atoms with E-state index in [4.69, 9.17) is 9.47 Å². The maximum atomic E-state index is 12.2. The molecule has 1 N–H and O–H groups in total. The predicted octanol–water partition coefficient (Wildman–Crippen LogP) is 3.70. The van der Waals surface area contributed by atoms with Crippen molar-refractivity contribution in [2.75, 3.05) is 6.61 Å². The fourth-order valence-corrected chi connectivity index (χ4v) is 4.16. The van der Waals surface area contributed by atoms with Gasteiger partial charge in [0.2, 0.25) is 0 Å². The van der Waals surface area contributed by atoms with Crippen LogP contribution in [-0.4, -0.2) is 35.2 Å². The Bertz CT molecular complexity index is 600. The maximum absolute atomic E-state index is 12.2. The zero-order valence-electron chi connectivity index (χ0n) is 15.2. The minimum atomic E-state index is -0.529. The lowest BCUT2D eigenvalue weighted by molar-refractivity contribution is -0.173. The molecule has 2 aliphatic heterocycles. The summed E-state index contributed by atoms with van der Waals surface area (Å²) >= 11 is 3.44. The third-order valence-electron chi connectivity index (χ3n) is 4.81. The normalized spacial score (nSPS) is 29.3. The average Bonchev–Trinajstić information content (AvgIpc) is 2.52. The highest BCUT2D eigenvalue weighted by Crippen LogP contribution is 2.42. The van der Waals surface area contributed by atoms with Gasteiger partial charge >= 0.3 is 5.97 Å². The lowest BCUT2D eigenvalue weighted by Gasteiger charge is -2.47. The molecule has 2 fully saturated rings. The summed E-state index contributed by atoms with van der Waals surface area (Å²) in [5.41, 5.74) is -0.134. The van der Waals surface area contributed by atoms with Crippen LogP contribution in [-0.2, 0) is 19.9 Å². The van der Waals surface area contributed by atoms with E-state index in [9.17, 15) is 4.79 Å². The quantitative estimate of drug-likeness (QED) is 0.766. The number of esters is 1. The maximum Gasteiger partial charge on any atom is 0.332 e. The van der Waals surface area contributed by atoms with E-state index < -0.39 is 11.2 Å². The second kappa shape index (κ2) is 7.33. The molecule has 138 valence electrons. The zero-order valence-corrected chi connectivity index (χ0v) is 16.8. The molecule has 0 aromatic carbocycles. The number of carbonyl (C=O) groups is 1. The fraction of sp³-hybridized carbons (Fsp3) is 0.684. The first kappa shape index (κ1) is 18.8. The van der Waals surface area contributed by atoms with Crippen LogP contribution in [0.15, 0.2) is 22.8 Å². The molecule has 6 heteroatoms. The number of aromatic nitrogens is 1. The van der Waals surface area contributed by atoms with E-state index in [2.05, 4.69) is 26.2 Å². The number of nitrogens with zero attached hydrogens (tertiary/aromatic N) is 1. The predicted molar refractivity (Wildman–Crippen MR) is 99.2 cm³/mol. The third kappa shape index (κ3) is 4.80. The molecule has 3 rings (SSSR count). The van der Waals surface area contributed by atoms with E-state index in [1.165, 1.54) is 6.42 Å². The van der Waals surface area contributed by atoms with Crippen LogP contribution in [0.2, 0.25) is 0 Å². The number of fused-ring (bicyclic) bond motifs is 2. The summed E-state index contributed by atoms with van der Waals surface area (Å²) in [5.74, 6) is -0.326. The molecule has 2 atom stereocenters. The van der Waals surface area contributed by atoms with E-state index in [-0.39, 0.29) is 12.6 Å². The highest BCUT2D eigenvalue weighted by atomic mass is 79.9. The minimum Gasteiger partial charge on any atom is -0.458 e. The first-order valence-corrected chi connectivity index (χ1v) is 9.79. The van der Waals surface area contributed by atoms with Crippen molar-refractivity contribution in [1.29, 1.82) is 0 Å². The molecule has 2 aliphatic rings.